The van der Waals surface area contributed by atoms with Crippen LogP contribution in [0.2, 0.25) is 0 Å². The summed E-state index contributed by atoms with van der Waals surface area (Å²) >= 11 is 1.19. The molecule has 0 saturated heterocycles. The van der Waals surface area contributed by atoms with Crippen molar-refractivity contribution in [2.45, 2.75) is 0 Å². The van der Waals surface area contributed by atoms with Crippen molar-refractivity contribution >= 4 is 28.3 Å². The molecule has 0 fully saturated rings. The number of hydrogen-bond acceptors (Lipinski definition) is 3. The third kappa shape index (κ3) is 2.86. The largest absolute Gasteiger partial charge is 0.366 e. The second-order valence-electron chi connectivity index (χ2n) is 3.60. The minimum Gasteiger partial charge on any atom is -0.366 e. The Bertz CT molecular complexity index is 590. The van der Waals surface area contributed by atoms with Crippen molar-refractivity contribution in [2.24, 2.45) is 11.5 Å². The predicted octanol–water partition coefficient (Wildman–Crippen LogP) is 2.00. The highest BCUT2D eigenvalue weighted by atomic mass is 32.1. The number of fused-ring (bicyclic) bond motifs is 1. The fourth-order valence-corrected chi connectivity index (χ4v) is 2.18. The molecule has 2 aliphatic carbocycles. The lowest BCUT2D eigenvalue weighted by Gasteiger charge is -1.98. The van der Waals surface area contributed by atoms with Crippen molar-refractivity contribution in [3.63, 3.8) is 0 Å². The van der Waals surface area contributed by atoms with Gasteiger partial charge in [-0.05, 0) is 28.6 Å². The number of rotatable bonds is 2. The van der Waals surface area contributed by atoms with E-state index in [1.165, 1.54) is 28.5 Å². The summed E-state index contributed by atoms with van der Waals surface area (Å²) in [5.74, 6) is -0.583. The summed E-state index contributed by atoms with van der Waals surface area (Å²) in [4.78, 5) is 21.1. The average Bonchev–Trinajstić information content (AvgIpc) is 2.75. The van der Waals surface area contributed by atoms with Gasteiger partial charge in [-0.2, -0.15) is 0 Å². The van der Waals surface area contributed by atoms with Crippen LogP contribution in [0.3, 0.4) is 0 Å². The minimum atomic E-state index is -0.708. The lowest BCUT2D eigenvalue weighted by molar-refractivity contribution is 0.100. The summed E-state index contributed by atoms with van der Waals surface area (Å²) in [7, 11) is 0. The maximum absolute atomic E-state index is 10.7. The zero-order valence-electron chi connectivity index (χ0n) is 9.34. The Labute approximate surface area is 107 Å². The molecule has 1 aromatic rings. The van der Waals surface area contributed by atoms with E-state index >= 15 is 0 Å². The maximum atomic E-state index is 10.7. The van der Waals surface area contributed by atoms with Gasteiger partial charge in [-0.25, -0.2) is 4.79 Å². The van der Waals surface area contributed by atoms with E-state index in [0.29, 0.717) is 5.00 Å². The number of anilines is 1. The highest BCUT2D eigenvalue weighted by molar-refractivity contribution is 7.14. The smallest absolute Gasteiger partial charge is 0.317 e. The summed E-state index contributed by atoms with van der Waals surface area (Å²) < 4.78 is 0. The van der Waals surface area contributed by atoms with Gasteiger partial charge in [-0.15, -0.1) is 11.3 Å². The Morgan fingerprint density at radius 3 is 2.17 bits per heavy atom. The molecule has 0 radical (unpaired) electrons. The minimum absolute atomic E-state index is 0.277. The number of primary amides is 2. The van der Waals surface area contributed by atoms with Crippen LogP contribution in [0.15, 0.2) is 35.7 Å². The van der Waals surface area contributed by atoms with Crippen molar-refractivity contribution in [1.29, 1.82) is 0 Å². The average molecular weight is 261 g/mol. The lowest BCUT2D eigenvalue weighted by atomic mass is 10.3. The molecule has 1 heterocycles. The topological polar surface area (TPSA) is 98.2 Å². The summed E-state index contributed by atoms with van der Waals surface area (Å²) in [5, 5.41) is 4.32. The SMILES string of the molecule is NC(=O)Nc1sccc1C(N)=O.c1cc2cc-2c1. The molecule has 92 valence electrons. The zero-order chi connectivity index (χ0) is 13.1. The van der Waals surface area contributed by atoms with Crippen molar-refractivity contribution in [1.82, 2.24) is 0 Å². The van der Waals surface area contributed by atoms with E-state index in [-0.39, 0.29) is 5.56 Å². The first kappa shape index (κ1) is 12.1. The van der Waals surface area contributed by atoms with E-state index in [4.69, 9.17) is 11.5 Å². The van der Waals surface area contributed by atoms with Crippen molar-refractivity contribution in [3.8, 4) is 11.1 Å². The van der Waals surface area contributed by atoms with Crippen molar-refractivity contribution in [3.05, 3.63) is 41.3 Å². The quantitative estimate of drug-likeness (QED) is 0.657. The summed E-state index contributed by atoms with van der Waals surface area (Å²) in [6, 6.07) is 9.30. The van der Waals surface area contributed by atoms with Gasteiger partial charge in [0.05, 0.1) is 5.56 Å². The van der Waals surface area contributed by atoms with Crippen molar-refractivity contribution < 1.29 is 9.59 Å². The number of amides is 3. The van der Waals surface area contributed by atoms with E-state index in [0.717, 1.165) is 0 Å². The second-order valence-corrected chi connectivity index (χ2v) is 4.51. The monoisotopic (exact) mass is 261 g/mol. The molecule has 0 bridgehead atoms. The summed E-state index contributed by atoms with van der Waals surface area (Å²) in [6.07, 6.45) is 0. The van der Waals surface area contributed by atoms with Crippen LogP contribution in [0, 0.1) is 0 Å². The van der Waals surface area contributed by atoms with Crippen LogP contribution < -0.4 is 16.8 Å². The number of carbonyl (C=O) groups is 2. The molecule has 5 nitrogen and oxygen atoms in total. The molecule has 18 heavy (non-hydrogen) atoms. The lowest BCUT2D eigenvalue weighted by Crippen LogP contribution is -2.21. The normalized spacial score (nSPS) is 10.0. The fourth-order valence-electron chi connectivity index (χ4n) is 1.39. The highest BCUT2D eigenvalue weighted by Gasteiger charge is 2.10. The van der Waals surface area contributed by atoms with Gasteiger partial charge in [0.1, 0.15) is 5.00 Å². The number of thiophene rings is 1. The first-order chi connectivity index (χ1) is 8.58. The number of nitrogens with one attached hydrogen (secondary N) is 1. The highest BCUT2D eigenvalue weighted by Crippen LogP contribution is 2.32. The van der Waals surface area contributed by atoms with Crippen LogP contribution in [-0.2, 0) is 0 Å². The van der Waals surface area contributed by atoms with E-state index in [2.05, 4.69) is 29.6 Å². The Morgan fingerprint density at radius 2 is 1.78 bits per heavy atom. The van der Waals surface area contributed by atoms with Gasteiger partial charge in [-0.1, -0.05) is 18.2 Å². The maximum Gasteiger partial charge on any atom is 0.317 e. The van der Waals surface area contributed by atoms with Gasteiger partial charge in [0.2, 0.25) is 0 Å². The van der Waals surface area contributed by atoms with Gasteiger partial charge in [-0.3, -0.25) is 10.1 Å². The molecular weight excluding hydrogens is 250 g/mol. The summed E-state index contributed by atoms with van der Waals surface area (Å²) in [5.41, 5.74) is 13.0. The van der Waals surface area contributed by atoms with E-state index in [1.807, 2.05) is 0 Å². The van der Waals surface area contributed by atoms with Gasteiger partial charge >= 0.3 is 6.03 Å². The Balaban J connectivity index is 0.000000164. The zero-order valence-corrected chi connectivity index (χ0v) is 10.2. The number of nitrogens with two attached hydrogens (primary N) is 2. The van der Waals surface area contributed by atoms with Crippen molar-refractivity contribution in [2.75, 3.05) is 5.32 Å². The molecule has 0 aromatic carbocycles. The van der Waals surface area contributed by atoms with Crippen LogP contribution in [0.25, 0.3) is 11.1 Å². The third-order valence-corrected chi connectivity index (χ3v) is 3.11. The number of hydrogen-bond donors (Lipinski definition) is 3. The molecule has 5 N–H and O–H groups in total. The second kappa shape index (κ2) is 4.89. The van der Waals surface area contributed by atoms with E-state index < -0.39 is 11.9 Å². The molecule has 0 saturated carbocycles. The number of urea groups is 1. The molecule has 1 aromatic heterocycles. The van der Waals surface area contributed by atoms with Gasteiger partial charge < -0.3 is 11.5 Å². The first-order valence-corrected chi connectivity index (χ1v) is 6.00. The molecule has 6 heteroatoms. The van der Waals surface area contributed by atoms with E-state index in [1.54, 1.807) is 5.38 Å². The van der Waals surface area contributed by atoms with Crippen LogP contribution in [0.5, 0.6) is 0 Å². The Morgan fingerprint density at radius 1 is 1.11 bits per heavy atom. The van der Waals surface area contributed by atoms with Crippen LogP contribution in [-0.4, -0.2) is 11.9 Å². The molecule has 2 aliphatic rings. The van der Waals surface area contributed by atoms with Crippen LogP contribution >= 0.6 is 11.3 Å². The molecule has 0 aliphatic heterocycles. The molecule has 0 unspecified atom stereocenters. The number of benzene rings is 1. The predicted molar refractivity (Wildman–Crippen MR) is 71.5 cm³/mol. The summed E-state index contributed by atoms with van der Waals surface area (Å²) in [6.45, 7) is 0. The van der Waals surface area contributed by atoms with Crippen LogP contribution in [0.4, 0.5) is 9.80 Å². The van der Waals surface area contributed by atoms with E-state index in [9.17, 15) is 9.59 Å². The third-order valence-electron chi connectivity index (χ3n) is 2.28. The molecule has 0 atom stereocenters. The molecular formula is C12H11N3O2S. The molecule has 0 spiro atoms. The fraction of sp³-hybridized carbons (Fsp3) is 0. The number of carbonyl (C=O) groups excluding carboxylic acids is 2. The first-order valence-electron chi connectivity index (χ1n) is 5.12. The Hall–Kier alpha value is -2.34. The van der Waals surface area contributed by atoms with Gasteiger partial charge in [0, 0.05) is 0 Å². The van der Waals surface area contributed by atoms with Gasteiger partial charge in [0.15, 0.2) is 0 Å². The molecule has 3 amide bonds. The molecule has 3 rings (SSSR count). The van der Waals surface area contributed by atoms with Gasteiger partial charge in [0.25, 0.3) is 5.91 Å². The Kier molecular flexibility index (Phi) is 3.29. The van der Waals surface area contributed by atoms with Crippen LogP contribution in [0.1, 0.15) is 10.4 Å². The standard InChI is InChI=1S/C6H7N3O2S.C6H4/c7-4(10)3-1-2-12-5(3)9-6(8)11;1-2-5-4-6(5)3-1/h1-2H,(H2,7,10)(H3,8,9,11);1-4H.